The maximum Gasteiger partial charge on any atom is 0.225 e. The molecule has 0 aliphatic carbocycles. The summed E-state index contributed by atoms with van der Waals surface area (Å²) < 4.78 is 0. The fourth-order valence-electron chi connectivity index (χ4n) is 3.75. The number of aromatic amines is 1. The summed E-state index contributed by atoms with van der Waals surface area (Å²) in [7, 11) is 0. The number of nitrogens with zero attached hydrogens (tertiary/aromatic N) is 4. The number of nitrogens with one attached hydrogen (secondary N) is 2. The highest BCUT2D eigenvalue weighted by molar-refractivity contribution is 5.84. The molecule has 3 N–H and O–H groups in total. The third-order valence-corrected chi connectivity index (χ3v) is 5.19. The van der Waals surface area contributed by atoms with Crippen molar-refractivity contribution >= 4 is 22.9 Å². The quantitative estimate of drug-likeness (QED) is 0.595. The van der Waals surface area contributed by atoms with Crippen molar-refractivity contribution in [2.24, 2.45) is 5.92 Å². The lowest BCUT2D eigenvalue weighted by Crippen LogP contribution is -2.47. The molecule has 3 aromatic rings. The van der Waals surface area contributed by atoms with Crippen LogP contribution in [-0.2, 0) is 11.2 Å². The lowest BCUT2D eigenvalue weighted by atomic mass is 9.96. The van der Waals surface area contributed by atoms with E-state index in [0.29, 0.717) is 18.6 Å². The average molecular weight is 380 g/mol. The van der Waals surface area contributed by atoms with E-state index in [0.717, 1.165) is 36.3 Å². The van der Waals surface area contributed by atoms with Crippen LogP contribution in [0.1, 0.15) is 18.4 Å². The standard InChI is InChI=1S/C20H24N6O2/c27-11-16(9-14-5-2-1-3-6-14)25-20(28)15-7-4-8-26(10-15)19-17-18(22-12-21-17)23-13-24-19/h1-3,5-6,12-13,15-16,27H,4,7-11H2,(H,25,28)(H,21,22,23,24)/t15-,16+/m0/s1. The van der Waals surface area contributed by atoms with Crippen LogP contribution in [0, 0.1) is 5.92 Å². The van der Waals surface area contributed by atoms with Gasteiger partial charge in [0.25, 0.3) is 0 Å². The molecule has 28 heavy (non-hydrogen) atoms. The van der Waals surface area contributed by atoms with E-state index in [4.69, 9.17) is 0 Å². The highest BCUT2D eigenvalue weighted by Gasteiger charge is 2.29. The van der Waals surface area contributed by atoms with Crippen LogP contribution in [0.25, 0.3) is 11.2 Å². The van der Waals surface area contributed by atoms with E-state index in [2.05, 4.69) is 30.2 Å². The fraction of sp³-hybridized carbons (Fsp3) is 0.400. The molecule has 1 amide bonds. The first kappa shape index (κ1) is 18.4. The highest BCUT2D eigenvalue weighted by Crippen LogP contribution is 2.25. The van der Waals surface area contributed by atoms with Gasteiger partial charge in [0.05, 0.1) is 24.9 Å². The van der Waals surface area contributed by atoms with Crippen molar-refractivity contribution in [1.82, 2.24) is 25.3 Å². The van der Waals surface area contributed by atoms with Gasteiger partial charge in [-0.1, -0.05) is 30.3 Å². The third-order valence-electron chi connectivity index (χ3n) is 5.19. The molecular weight excluding hydrogens is 356 g/mol. The molecule has 146 valence electrons. The number of anilines is 1. The van der Waals surface area contributed by atoms with Crippen LogP contribution in [0.15, 0.2) is 43.0 Å². The number of hydrogen-bond acceptors (Lipinski definition) is 6. The first-order valence-corrected chi connectivity index (χ1v) is 9.59. The first-order valence-electron chi connectivity index (χ1n) is 9.59. The molecule has 0 bridgehead atoms. The molecule has 2 aromatic heterocycles. The zero-order valence-electron chi connectivity index (χ0n) is 15.6. The van der Waals surface area contributed by atoms with Gasteiger partial charge in [-0.3, -0.25) is 4.79 Å². The van der Waals surface area contributed by atoms with Crippen LogP contribution in [0.2, 0.25) is 0 Å². The molecule has 0 radical (unpaired) electrons. The number of aliphatic hydroxyl groups excluding tert-OH is 1. The number of aromatic nitrogens is 4. The molecule has 2 atom stereocenters. The molecule has 0 spiro atoms. The van der Waals surface area contributed by atoms with Crippen molar-refractivity contribution in [2.75, 3.05) is 24.6 Å². The number of imidazole rings is 1. The summed E-state index contributed by atoms with van der Waals surface area (Å²) in [5.74, 6) is 0.615. The molecule has 8 nitrogen and oxygen atoms in total. The summed E-state index contributed by atoms with van der Waals surface area (Å²) >= 11 is 0. The monoisotopic (exact) mass is 380 g/mol. The van der Waals surface area contributed by atoms with Crippen LogP contribution in [0.3, 0.4) is 0 Å². The smallest absolute Gasteiger partial charge is 0.225 e. The number of amides is 1. The van der Waals surface area contributed by atoms with Gasteiger partial charge in [0, 0.05) is 13.1 Å². The second-order valence-corrected chi connectivity index (χ2v) is 7.16. The van der Waals surface area contributed by atoms with Crippen molar-refractivity contribution < 1.29 is 9.90 Å². The molecule has 0 saturated carbocycles. The number of H-pyrrole nitrogens is 1. The summed E-state index contributed by atoms with van der Waals surface area (Å²) in [5, 5.41) is 12.7. The summed E-state index contributed by atoms with van der Waals surface area (Å²) in [6.45, 7) is 1.33. The Labute approximate surface area is 163 Å². The predicted molar refractivity (Wildman–Crippen MR) is 106 cm³/mol. The summed E-state index contributed by atoms with van der Waals surface area (Å²) in [4.78, 5) is 30.8. The molecule has 1 aliphatic heterocycles. The van der Waals surface area contributed by atoms with Crippen LogP contribution >= 0.6 is 0 Å². The maximum absolute atomic E-state index is 12.8. The van der Waals surface area contributed by atoms with Gasteiger partial charge in [0.15, 0.2) is 11.5 Å². The number of benzene rings is 1. The number of carbonyl (C=O) groups excluding carboxylic acids is 1. The Morgan fingerprint density at radius 3 is 2.96 bits per heavy atom. The van der Waals surface area contributed by atoms with E-state index in [1.807, 2.05) is 30.3 Å². The number of rotatable bonds is 6. The predicted octanol–water partition coefficient (Wildman–Crippen LogP) is 1.29. The molecular formula is C20H24N6O2. The van der Waals surface area contributed by atoms with E-state index in [1.165, 1.54) is 6.33 Å². The molecule has 4 rings (SSSR count). The van der Waals surface area contributed by atoms with Crippen molar-refractivity contribution in [3.63, 3.8) is 0 Å². The van der Waals surface area contributed by atoms with E-state index in [9.17, 15) is 9.90 Å². The number of hydrogen-bond donors (Lipinski definition) is 3. The van der Waals surface area contributed by atoms with E-state index >= 15 is 0 Å². The topological polar surface area (TPSA) is 107 Å². The minimum atomic E-state index is -0.288. The van der Waals surface area contributed by atoms with Gasteiger partial charge in [-0.2, -0.15) is 0 Å². The van der Waals surface area contributed by atoms with Crippen molar-refractivity contribution in [1.29, 1.82) is 0 Å². The second kappa shape index (κ2) is 8.35. The van der Waals surface area contributed by atoms with Gasteiger partial charge in [0.1, 0.15) is 11.8 Å². The van der Waals surface area contributed by atoms with Gasteiger partial charge in [0.2, 0.25) is 5.91 Å². The SMILES string of the molecule is O=C(N[C@@H](CO)Cc1ccccc1)[C@H]1CCCN(c2ncnc3nc[nH]c23)C1. The van der Waals surface area contributed by atoms with Gasteiger partial charge >= 0.3 is 0 Å². The van der Waals surface area contributed by atoms with E-state index in [-0.39, 0.29) is 24.5 Å². The van der Waals surface area contributed by atoms with Crippen molar-refractivity contribution in [3.05, 3.63) is 48.5 Å². The minimum absolute atomic E-state index is 0.0189. The first-order chi connectivity index (χ1) is 13.7. The summed E-state index contributed by atoms with van der Waals surface area (Å²) in [6.07, 6.45) is 5.44. The fourth-order valence-corrected chi connectivity index (χ4v) is 3.75. The molecule has 1 saturated heterocycles. The molecule has 8 heteroatoms. The largest absolute Gasteiger partial charge is 0.394 e. The summed E-state index contributed by atoms with van der Waals surface area (Å²) in [5.41, 5.74) is 2.51. The van der Waals surface area contributed by atoms with E-state index in [1.54, 1.807) is 6.33 Å². The molecule has 0 unspecified atom stereocenters. The Morgan fingerprint density at radius 1 is 1.29 bits per heavy atom. The Morgan fingerprint density at radius 2 is 2.14 bits per heavy atom. The summed E-state index contributed by atoms with van der Waals surface area (Å²) in [6, 6.07) is 9.59. The Bertz CT molecular complexity index is 929. The van der Waals surface area contributed by atoms with Crippen molar-refractivity contribution in [3.8, 4) is 0 Å². The highest BCUT2D eigenvalue weighted by atomic mass is 16.3. The van der Waals surface area contributed by atoms with Crippen LogP contribution < -0.4 is 10.2 Å². The zero-order valence-corrected chi connectivity index (χ0v) is 15.6. The Hall–Kier alpha value is -3.00. The van der Waals surface area contributed by atoms with Crippen molar-refractivity contribution in [2.45, 2.75) is 25.3 Å². The number of fused-ring (bicyclic) bond motifs is 1. The third kappa shape index (κ3) is 3.96. The second-order valence-electron chi connectivity index (χ2n) is 7.16. The van der Waals surface area contributed by atoms with Gasteiger partial charge in [-0.25, -0.2) is 15.0 Å². The number of piperidine rings is 1. The van der Waals surface area contributed by atoms with Crippen LogP contribution in [0.5, 0.6) is 0 Å². The molecule has 1 aromatic carbocycles. The van der Waals surface area contributed by atoms with Crippen LogP contribution in [0.4, 0.5) is 5.82 Å². The zero-order chi connectivity index (χ0) is 19.3. The Kier molecular flexibility index (Phi) is 5.48. The maximum atomic E-state index is 12.8. The van der Waals surface area contributed by atoms with Gasteiger partial charge in [-0.05, 0) is 24.8 Å². The number of carbonyl (C=O) groups is 1. The normalized spacial score (nSPS) is 18.2. The van der Waals surface area contributed by atoms with Gasteiger partial charge < -0.3 is 20.3 Å². The number of aliphatic hydroxyl groups is 1. The van der Waals surface area contributed by atoms with Crippen LogP contribution in [-0.4, -0.2) is 56.7 Å². The molecule has 1 fully saturated rings. The Balaban J connectivity index is 1.42. The average Bonchev–Trinajstić information content (AvgIpc) is 3.23. The molecule has 3 heterocycles. The molecule has 1 aliphatic rings. The lowest BCUT2D eigenvalue weighted by Gasteiger charge is -2.33. The lowest BCUT2D eigenvalue weighted by molar-refractivity contribution is -0.126. The minimum Gasteiger partial charge on any atom is -0.394 e. The van der Waals surface area contributed by atoms with Gasteiger partial charge in [-0.15, -0.1) is 0 Å². The van der Waals surface area contributed by atoms with E-state index < -0.39 is 0 Å².